The Balaban J connectivity index is 1.83. The fourth-order valence-corrected chi connectivity index (χ4v) is 3.26. The lowest BCUT2D eigenvalue weighted by molar-refractivity contribution is -0.0497. The normalized spacial score (nSPS) is 26.8. The first kappa shape index (κ1) is 17.3. The van der Waals surface area contributed by atoms with Crippen LogP contribution >= 0.6 is 7.60 Å². The smallest absolute Gasteiger partial charge is 0.351 e. The van der Waals surface area contributed by atoms with Crippen molar-refractivity contribution in [2.24, 2.45) is 0 Å². The quantitative estimate of drug-likeness (QED) is 0.772. The molecule has 0 aromatic carbocycles. The lowest BCUT2D eigenvalue weighted by atomic mass is 10.2. The van der Waals surface area contributed by atoms with Gasteiger partial charge in [-0.3, -0.25) is 9.13 Å². The summed E-state index contributed by atoms with van der Waals surface area (Å²) >= 11 is 0. The number of nitrogens with zero attached hydrogens (tertiary/aromatic N) is 2. The van der Waals surface area contributed by atoms with Gasteiger partial charge in [0.1, 0.15) is 18.0 Å². The van der Waals surface area contributed by atoms with Crippen LogP contribution in [-0.4, -0.2) is 52.0 Å². The lowest BCUT2D eigenvalue weighted by Crippen LogP contribution is -2.28. The zero-order chi connectivity index (χ0) is 17.5. The third kappa shape index (κ3) is 3.60. The van der Waals surface area contributed by atoms with Gasteiger partial charge in [0.15, 0.2) is 0 Å². The number of aromatic nitrogens is 3. The van der Waals surface area contributed by atoms with Crippen LogP contribution in [-0.2, 0) is 18.6 Å². The summed E-state index contributed by atoms with van der Waals surface area (Å²) < 4.78 is 28.8. The van der Waals surface area contributed by atoms with Crippen molar-refractivity contribution in [2.75, 3.05) is 20.4 Å². The summed E-state index contributed by atoms with van der Waals surface area (Å²) in [6, 6.07) is 1.89. The highest BCUT2D eigenvalue weighted by atomic mass is 31.2. The number of rotatable bonds is 5. The number of aromatic amines is 1. The van der Waals surface area contributed by atoms with Crippen LogP contribution in [0.1, 0.15) is 18.3 Å². The number of methoxy groups -OCH3 is 1. The van der Waals surface area contributed by atoms with Crippen molar-refractivity contribution in [1.82, 2.24) is 14.5 Å². The summed E-state index contributed by atoms with van der Waals surface area (Å²) in [6.45, 7) is 2.90. The van der Waals surface area contributed by atoms with Crippen molar-refractivity contribution >= 4 is 18.6 Å². The Kier molecular flexibility index (Phi) is 4.63. The van der Waals surface area contributed by atoms with E-state index in [4.69, 9.17) is 14.0 Å². The molecule has 0 saturated carbocycles. The molecule has 2 unspecified atom stereocenters. The summed E-state index contributed by atoms with van der Waals surface area (Å²) in [5.41, 5.74) is 1.00. The Labute approximate surface area is 138 Å². The monoisotopic (exact) mass is 357 g/mol. The highest BCUT2D eigenvalue weighted by Crippen LogP contribution is 2.39. The molecule has 0 aliphatic carbocycles. The molecule has 0 spiro atoms. The second-order valence-electron chi connectivity index (χ2n) is 5.92. The Bertz CT molecular complexity index is 841. The maximum absolute atomic E-state index is 12.2. The zero-order valence-electron chi connectivity index (χ0n) is 13.6. The van der Waals surface area contributed by atoms with Gasteiger partial charge in [0.05, 0.1) is 12.7 Å². The number of fused-ring (bicyclic) bond motifs is 1. The van der Waals surface area contributed by atoms with Crippen LogP contribution < -0.4 is 5.69 Å². The lowest BCUT2D eigenvalue weighted by Gasteiger charge is -2.18. The molecule has 9 nitrogen and oxygen atoms in total. The minimum Gasteiger partial charge on any atom is -0.378 e. The Morgan fingerprint density at radius 3 is 3.00 bits per heavy atom. The van der Waals surface area contributed by atoms with Gasteiger partial charge in [0.25, 0.3) is 0 Å². The van der Waals surface area contributed by atoms with E-state index in [2.05, 4.69) is 9.97 Å². The summed E-state index contributed by atoms with van der Waals surface area (Å²) in [4.78, 5) is 28.5. The molecule has 3 heterocycles. The second kappa shape index (κ2) is 6.42. The Hall–Kier alpha value is -1.51. The topological polar surface area (TPSA) is 116 Å². The van der Waals surface area contributed by atoms with Gasteiger partial charge < -0.3 is 23.9 Å². The molecule has 2 aromatic heterocycles. The van der Waals surface area contributed by atoms with Crippen molar-refractivity contribution in [3.05, 3.63) is 28.4 Å². The van der Waals surface area contributed by atoms with Crippen molar-refractivity contribution < 1.29 is 23.5 Å². The fraction of sp³-hybridized carbons (Fsp3) is 0.571. The molecule has 1 fully saturated rings. The van der Waals surface area contributed by atoms with E-state index in [1.165, 1.54) is 11.7 Å². The van der Waals surface area contributed by atoms with E-state index in [0.29, 0.717) is 12.1 Å². The standard InChI is InChI=1S/C14H20N3O6P/c1-8-4-9-6-17(14(18)16-13(9)15-8)12-5-10(21-2)11(23-12)7-22-24(3,19)20/h4,6,10-12H,5,7H2,1-3H3,(H,19,20)(H,15,16,18)/t10-,11?,12-/m1/s1. The minimum absolute atomic E-state index is 0.0903. The van der Waals surface area contributed by atoms with Crippen molar-refractivity contribution in [1.29, 1.82) is 0 Å². The average Bonchev–Trinajstić information content (AvgIpc) is 3.05. The number of nitrogens with one attached hydrogen (secondary N) is 1. The fourth-order valence-electron chi connectivity index (χ4n) is 2.83. The van der Waals surface area contributed by atoms with E-state index >= 15 is 0 Å². The van der Waals surface area contributed by atoms with Gasteiger partial charge in [0, 0.05) is 37.5 Å². The van der Waals surface area contributed by atoms with Crippen molar-refractivity contribution in [3.8, 4) is 0 Å². The first-order chi connectivity index (χ1) is 11.3. The second-order valence-corrected chi connectivity index (χ2v) is 7.79. The van der Waals surface area contributed by atoms with Gasteiger partial charge in [0.2, 0.25) is 0 Å². The summed E-state index contributed by atoms with van der Waals surface area (Å²) in [5, 5.41) is 0.804. The predicted molar refractivity (Wildman–Crippen MR) is 86.1 cm³/mol. The van der Waals surface area contributed by atoms with Crippen molar-refractivity contribution in [3.63, 3.8) is 0 Å². The molecule has 2 N–H and O–H groups in total. The first-order valence-corrected chi connectivity index (χ1v) is 9.51. The van der Waals surface area contributed by atoms with E-state index in [0.717, 1.165) is 17.7 Å². The maximum Gasteiger partial charge on any atom is 0.351 e. The number of hydrogen-bond acceptors (Lipinski definition) is 6. The number of aryl methyl sites for hydroxylation is 1. The first-order valence-electron chi connectivity index (χ1n) is 7.48. The van der Waals surface area contributed by atoms with Crippen LogP contribution in [0, 0.1) is 6.92 Å². The molecule has 0 radical (unpaired) electrons. The van der Waals surface area contributed by atoms with Crippen molar-refractivity contribution in [2.45, 2.75) is 31.8 Å². The van der Waals surface area contributed by atoms with Gasteiger partial charge in [-0.15, -0.1) is 0 Å². The van der Waals surface area contributed by atoms with Gasteiger partial charge in [-0.1, -0.05) is 0 Å². The van der Waals surface area contributed by atoms with E-state index in [1.807, 2.05) is 13.0 Å². The molecule has 0 bridgehead atoms. The van der Waals surface area contributed by atoms with E-state index in [1.54, 1.807) is 6.20 Å². The summed E-state index contributed by atoms with van der Waals surface area (Å²) in [5.74, 6) is 0. The molecule has 4 atom stereocenters. The van der Waals surface area contributed by atoms with Crippen LogP contribution in [0.15, 0.2) is 17.1 Å². The summed E-state index contributed by atoms with van der Waals surface area (Å²) in [6.07, 6.45) is 0.637. The number of hydrogen-bond donors (Lipinski definition) is 2. The van der Waals surface area contributed by atoms with E-state index in [-0.39, 0.29) is 12.7 Å². The predicted octanol–water partition coefficient (Wildman–Crippen LogP) is 1.17. The third-order valence-corrected chi connectivity index (χ3v) is 4.57. The molecule has 1 aliphatic rings. The molecule has 3 rings (SSSR count). The maximum atomic E-state index is 12.2. The third-order valence-electron chi connectivity index (χ3n) is 3.94. The molecule has 1 aliphatic heterocycles. The SMILES string of the molecule is CO[C@@H]1C[C@H](n2cc3cc(C)[nH]c3nc2=O)OC1COP(C)(=O)O. The van der Waals surface area contributed by atoms with Crippen LogP contribution in [0.5, 0.6) is 0 Å². The molecular weight excluding hydrogens is 337 g/mol. The molecule has 24 heavy (non-hydrogen) atoms. The highest BCUT2D eigenvalue weighted by molar-refractivity contribution is 7.51. The zero-order valence-corrected chi connectivity index (χ0v) is 14.5. The minimum atomic E-state index is -3.61. The van der Waals surface area contributed by atoms with E-state index in [9.17, 15) is 14.3 Å². The average molecular weight is 357 g/mol. The molecule has 132 valence electrons. The molecule has 1 saturated heterocycles. The largest absolute Gasteiger partial charge is 0.378 e. The van der Waals surface area contributed by atoms with Crippen LogP contribution in [0.4, 0.5) is 0 Å². The van der Waals surface area contributed by atoms with Crippen LogP contribution in [0.3, 0.4) is 0 Å². The summed E-state index contributed by atoms with van der Waals surface area (Å²) in [7, 11) is -2.09. The van der Waals surface area contributed by atoms with Crippen LogP contribution in [0.2, 0.25) is 0 Å². The molecular formula is C14H20N3O6P. The highest BCUT2D eigenvalue weighted by Gasteiger charge is 2.38. The van der Waals surface area contributed by atoms with E-state index < -0.39 is 25.6 Å². The molecule has 2 aromatic rings. The molecule has 10 heteroatoms. The number of ether oxygens (including phenoxy) is 2. The molecule has 0 amide bonds. The Morgan fingerprint density at radius 1 is 1.58 bits per heavy atom. The van der Waals surface area contributed by atoms with Gasteiger partial charge >= 0.3 is 13.3 Å². The Morgan fingerprint density at radius 2 is 2.33 bits per heavy atom. The van der Waals surface area contributed by atoms with Gasteiger partial charge in [-0.25, -0.2) is 4.79 Å². The van der Waals surface area contributed by atoms with Gasteiger partial charge in [-0.2, -0.15) is 4.98 Å². The van der Waals surface area contributed by atoms with Gasteiger partial charge in [-0.05, 0) is 13.0 Å². The van der Waals surface area contributed by atoms with Crippen LogP contribution in [0.25, 0.3) is 11.0 Å². The number of H-pyrrole nitrogens is 1.